The van der Waals surface area contributed by atoms with Crippen LogP contribution in [-0.4, -0.2) is 23.8 Å². The molecule has 1 rings (SSSR count). The van der Waals surface area contributed by atoms with Gasteiger partial charge in [-0.05, 0) is 6.92 Å². The van der Waals surface area contributed by atoms with Gasteiger partial charge in [0.25, 0.3) is 0 Å². The van der Waals surface area contributed by atoms with Crippen LogP contribution in [0.25, 0.3) is 0 Å². The van der Waals surface area contributed by atoms with Crippen LogP contribution in [0.1, 0.15) is 20.3 Å². The molecule has 1 N–H and O–H groups in total. The zero-order valence-electron chi connectivity index (χ0n) is 6.13. The van der Waals surface area contributed by atoms with Crippen molar-refractivity contribution in [3.05, 3.63) is 0 Å². The fourth-order valence-corrected chi connectivity index (χ4v) is 0.0962. The molecule has 0 saturated carbocycles. The average molecular weight is 187 g/mol. The third-order valence-corrected chi connectivity index (χ3v) is 0.802. The first-order valence-corrected chi connectivity index (χ1v) is 3.00. The molecule has 10 heavy (non-hydrogen) atoms. The predicted octanol–water partition coefficient (Wildman–Crippen LogP) is 0.884. The van der Waals surface area contributed by atoms with Crippen molar-refractivity contribution >= 4 is 5.97 Å². The third kappa shape index (κ3) is 15.7. The van der Waals surface area contributed by atoms with E-state index in [1.807, 2.05) is 0 Å². The van der Waals surface area contributed by atoms with E-state index < -0.39 is 5.97 Å². The Balaban J connectivity index is 0. The molecule has 1 fully saturated rings. The zero-order chi connectivity index (χ0) is 7.28. The molecular formula is C6H12MnO3. The monoisotopic (exact) mass is 187 g/mol. The van der Waals surface area contributed by atoms with Crippen LogP contribution in [0.2, 0.25) is 0 Å². The van der Waals surface area contributed by atoms with E-state index in [2.05, 4.69) is 6.92 Å². The average Bonchev–Trinajstić information content (AvgIpc) is 2.53. The summed E-state index contributed by atoms with van der Waals surface area (Å²) >= 11 is 0. The molecule has 0 bridgehead atoms. The Hall–Kier alpha value is -0.0505. The summed E-state index contributed by atoms with van der Waals surface area (Å²) in [5, 5.41) is 7.72. The molecule has 1 unspecified atom stereocenters. The molecule has 1 saturated heterocycles. The molecule has 0 spiro atoms. The Labute approximate surface area is 71.2 Å². The van der Waals surface area contributed by atoms with Gasteiger partial charge in [0.05, 0.1) is 12.7 Å². The maximum atomic E-state index is 9.37. The van der Waals surface area contributed by atoms with Gasteiger partial charge in [0, 0.05) is 23.5 Å². The first-order chi connectivity index (χ1) is 4.16. The maximum Gasteiger partial charge on any atom is 0.303 e. The minimum Gasteiger partial charge on any atom is -0.481 e. The van der Waals surface area contributed by atoms with E-state index >= 15 is 0 Å². The van der Waals surface area contributed by atoms with Gasteiger partial charge >= 0.3 is 5.97 Å². The van der Waals surface area contributed by atoms with E-state index in [-0.39, 0.29) is 23.5 Å². The summed E-state index contributed by atoms with van der Waals surface area (Å²) in [7, 11) is 0. The molecule has 0 amide bonds. The van der Waals surface area contributed by atoms with E-state index in [0.29, 0.717) is 6.10 Å². The second kappa shape index (κ2) is 7.06. The molecule has 61 valence electrons. The van der Waals surface area contributed by atoms with Gasteiger partial charge in [-0.3, -0.25) is 4.79 Å². The van der Waals surface area contributed by atoms with Gasteiger partial charge in [-0.1, -0.05) is 6.92 Å². The summed E-state index contributed by atoms with van der Waals surface area (Å²) in [6.07, 6.45) is 0.806. The molecule has 1 aliphatic rings. The molecule has 4 heteroatoms. The Morgan fingerprint density at radius 3 is 2.00 bits per heavy atom. The van der Waals surface area contributed by atoms with Gasteiger partial charge in [-0.15, -0.1) is 0 Å². The van der Waals surface area contributed by atoms with Crippen molar-refractivity contribution in [1.29, 1.82) is 0 Å². The predicted molar refractivity (Wildman–Crippen MR) is 33.3 cm³/mol. The van der Waals surface area contributed by atoms with Gasteiger partial charge in [0.2, 0.25) is 0 Å². The number of rotatable bonds is 1. The van der Waals surface area contributed by atoms with Crippen molar-refractivity contribution in [3.63, 3.8) is 0 Å². The van der Waals surface area contributed by atoms with Crippen molar-refractivity contribution in [2.24, 2.45) is 0 Å². The van der Waals surface area contributed by atoms with E-state index in [9.17, 15) is 4.79 Å². The smallest absolute Gasteiger partial charge is 0.303 e. The SMILES string of the molecule is CC1CO1.CCC(=O)O.[Mn]. The maximum absolute atomic E-state index is 9.37. The summed E-state index contributed by atoms with van der Waals surface area (Å²) in [6.45, 7) is 4.64. The molecule has 1 aliphatic heterocycles. The van der Waals surface area contributed by atoms with Gasteiger partial charge < -0.3 is 9.84 Å². The molecule has 1 atom stereocenters. The molecule has 0 aliphatic carbocycles. The van der Waals surface area contributed by atoms with Gasteiger partial charge in [0.1, 0.15) is 0 Å². The Morgan fingerprint density at radius 2 is 2.00 bits per heavy atom. The molecule has 0 aromatic rings. The second-order valence-electron chi connectivity index (χ2n) is 1.89. The van der Waals surface area contributed by atoms with E-state index in [0.717, 1.165) is 6.61 Å². The normalized spacial score (nSPS) is 19.6. The number of ether oxygens (including phenoxy) is 1. The van der Waals surface area contributed by atoms with E-state index in [1.54, 1.807) is 6.92 Å². The van der Waals surface area contributed by atoms with Crippen LogP contribution in [0.4, 0.5) is 0 Å². The third-order valence-electron chi connectivity index (χ3n) is 0.802. The minimum atomic E-state index is -0.745. The van der Waals surface area contributed by atoms with Crippen LogP contribution in [0, 0.1) is 0 Å². The van der Waals surface area contributed by atoms with Gasteiger partial charge in [-0.2, -0.15) is 0 Å². The number of carboxylic acids is 1. The second-order valence-corrected chi connectivity index (χ2v) is 1.89. The minimum absolute atomic E-state index is 0. The van der Waals surface area contributed by atoms with Crippen LogP contribution in [0.5, 0.6) is 0 Å². The van der Waals surface area contributed by atoms with Crippen molar-refractivity contribution in [1.82, 2.24) is 0 Å². The molecule has 0 aromatic carbocycles. The molecule has 0 aromatic heterocycles. The quantitative estimate of drug-likeness (QED) is 0.489. The fourth-order valence-electron chi connectivity index (χ4n) is 0.0962. The summed E-state index contributed by atoms with van der Waals surface area (Å²) in [5.41, 5.74) is 0. The summed E-state index contributed by atoms with van der Waals surface area (Å²) in [5.74, 6) is -0.745. The van der Waals surface area contributed by atoms with Crippen LogP contribution < -0.4 is 0 Å². The van der Waals surface area contributed by atoms with E-state index in [4.69, 9.17) is 9.84 Å². The van der Waals surface area contributed by atoms with Crippen LogP contribution >= 0.6 is 0 Å². The standard InChI is InChI=1S/C3H6O2.C3H6O.Mn/c1-2-3(4)5;1-3-2-4-3;/h2H2,1H3,(H,4,5);3H,2H2,1H3;. The Bertz CT molecular complexity index is 91.0. The first kappa shape index (κ1) is 12.6. The van der Waals surface area contributed by atoms with Crippen molar-refractivity contribution in [2.75, 3.05) is 6.61 Å². The number of aliphatic carboxylic acids is 1. The largest absolute Gasteiger partial charge is 0.481 e. The van der Waals surface area contributed by atoms with E-state index in [1.165, 1.54) is 0 Å². The zero-order valence-corrected chi connectivity index (χ0v) is 7.31. The fraction of sp³-hybridized carbons (Fsp3) is 0.833. The molecule has 1 heterocycles. The number of hydrogen-bond donors (Lipinski definition) is 1. The summed E-state index contributed by atoms with van der Waals surface area (Å²) in [6, 6.07) is 0. The van der Waals surface area contributed by atoms with Gasteiger partial charge in [0.15, 0.2) is 0 Å². The van der Waals surface area contributed by atoms with Crippen LogP contribution in [0.3, 0.4) is 0 Å². The molecule has 3 nitrogen and oxygen atoms in total. The topological polar surface area (TPSA) is 49.8 Å². The summed E-state index contributed by atoms with van der Waals surface area (Å²) < 4.78 is 4.71. The first-order valence-electron chi connectivity index (χ1n) is 3.00. The Morgan fingerprint density at radius 1 is 1.80 bits per heavy atom. The number of hydrogen-bond acceptors (Lipinski definition) is 2. The number of carbonyl (C=O) groups is 1. The summed E-state index contributed by atoms with van der Waals surface area (Å²) in [4.78, 5) is 9.37. The molecular weight excluding hydrogens is 175 g/mol. The molecule has 1 radical (unpaired) electrons. The van der Waals surface area contributed by atoms with Crippen molar-refractivity contribution in [2.45, 2.75) is 26.4 Å². The van der Waals surface area contributed by atoms with Crippen molar-refractivity contribution in [3.8, 4) is 0 Å². The van der Waals surface area contributed by atoms with Crippen LogP contribution in [0.15, 0.2) is 0 Å². The van der Waals surface area contributed by atoms with Crippen LogP contribution in [-0.2, 0) is 26.6 Å². The number of carboxylic acid groups (broad SMARTS) is 1. The Kier molecular flexibility index (Phi) is 8.90. The van der Waals surface area contributed by atoms with Crippen molar-refractivity contribution < 1.29 is 31.7 Å². The van der Waals surface area contributed by atoms with Gasteiger partial charge in [-0.25, -0.2) is 0 Å². The number of epoxide rings is 1.